The Labute approximate surface area is 137 Å². The van der Waals surface area contributed by atoms with Crippen LogP contribution in [0.5, 0.6) is 0 Å². The summed E-state index contributed by atoms with van der Waals surface area (Å²) in [6.07, 6.45) is 3.48. The highest BCUT2D eigenvalue weighted by Crippen LogP contribution is 2.21. The van der Waals surface area contributed by atoms with Crippen LogP contribution in [0, 0.1) is 6.92 Å². The van der Waals surface area contributed by atoms with E-state index in [9.17, 15) is 9.90 Å². The van der Waals surface area contributed by atoms with E-state index in [1.807, 2.05) is 6.26 Å². The van der Waals surface area contributed by atoms with E-state index in [0.717, 1.165) is 31.7 Å². The molecule has 0 aromatic heterocycles. The number of hydrogen-bond acceptors (Lipinski definition) is 4. The number of amides is 1. The van der Waals surface area contributed by atoms with E-state index in [-0.39, 0.29) is 11.9 Å². The summed E-state index contributed by atoms with van der Waals surface area (Å²) in [5, 5.41) is 12.8. The molecule has 0 unspecified atom stereocenters. The number of aryl methyl sites for hydroxylation is 1. The van der Waals surface area contributed by atoms with Crippen LogP contribution in [0.4, 0.5) is 5.69 Å². The molecular formula is C17H26N2O2S. The second kappa shape index (κ2) is 8.44. The zero-order valence-electron chi connectivity index (χ0n) is 13.4. The second-order valence-corrected chi connectivity index (χ2v) is 6.89. The highest BCUT2D eigenvalue weighted by molar-refractivity contribution is 7.98. The third-order valence-corrected chi connectivity index (χ3v) is 4.75. The first-order valence-electron chi connectivity index (χ1n) is 7.89. The minimum absolute atomic E-state index is 0.178. The van der Waals surface area contributed by atoms with E-state index < -0.39 is 6.10 Å². The number of benzene rings is 1. The van der Waals surface area contributed by atoms with Gasteiger partial charge in [-0.1, -0.05) is 12.1 Å². The maximum atomic E-state index is 11.9. The maximum Gasteiger partial charge on any atom is 0.249 e. The standard InChI is InChI=1S/C17H26N2O2S/c1-13-4-3-5-15(12-13)19-9-6-14(7-10-19)18-17(21)16(20)8-11-22-2/h3-5,12,14,16,20H,6-11H2,1-2H3,(H,18,21)/t16-/m1/s1. The van der Waals surface area contributed by atoms with Gasteiger partial charge in [-0.05, 0) is 55.9 Å². The number of anilines is 1. The van der Waals surface area contributed by atoms with Crippen molar-refractivity contribution in [3.8, 4) is 0 Å². The number of thioether (sulfide) groups is 1. The number of carbonyl (C=O) groups excluding carboxylic acids is 1. The molecule has 0 saturated carbocycles. The van der Waals surface area contributed by atoms with Gasteiger partial charge < -0.3 is 15.3 Å². The molecule has 122 valence electrons. The molecule has 1 aromatic carbocycles. The Morgan fingerprint density at radius 2 is 2.18 bits per heavy atom. The number of carbonyl (C=O) groups is 1. The Morgan fingerprint density at radius 1 is 1.45 bits per heavy atom. The first-order chi connectivity index (χ1) is 10.6. The summed E-state index contributed by atoms with van der Waals surface area (Å²) >= 11 is 1.65. The average molecular weight is 322 g/mol. The molecule has 1 atom stereocenters. The second-order valence-electron chi connectivity index (χ2n) is 5.91. The predicted octanol–water partition coefficient (Wildman–Crippen LogP) is 2.19. The fourth-order valence-electron chi connectivity index (χ4n) is 2.76. The molecule has 5 heteroatoms. The third-order valence-electron chi connectivity index (χ3n) is 4.11. The first kappa shape index (κ1) is 17.2. The molecule has 1 aliphatic heterocycles. The van der Waals surface area contributed by atoms with E-state index in [2.05, 4.69) is 41.4 Å². The normalized spacial score (nSPS) is 17.3. The van der Waals surface area contributed by atoms with Gasteiger partial charge >= 0.3 is 0 Å². The topological polar surface area (TPSA) is 52.6 Å². The number of piperidine rings is 1. The van der Waals surface area contributed by atoms with Crippen molar-refractivity contribution >= 4 is 23.4 Å². The molecule has 22 heavy (non-hydrogen) atoms. The van der Waals surface area contributed by atoms with Gasteiger partial charge in [0.1, 0.15) is 6.10 Å². The van der Waals surface area contributed by atoms with Crippen molar-refractivity contribution in [1.29, 1.82) is 0 Å². The molecular weight excluding hydrogens is 296 g/mol. The van der Waals surface area contributed by atoms with Crippen molar-refractivity contribution < 1.29 is 9.90 Å². The summed E-state index contributed by atoms with van der Waals surface area (Å²) in [6, 6.07) is 8.70. The molecule has 0 radical (unpaired) electrons. The summed E-state index contributed by atoms with van der Waals surface area (Å²) in [4.78, 5) is 14.3. The van der Waals surface area contributed by atoms with Gasteiger partial charge in [-0.15, -0.1) is 0 Å². The number of aliphatic hydroxyl groups is 1. The fourth-order valence-corrected chi connectivity index (χ4v) is 3.22. The number of aliphatic hydroxyl groups excluding tert-OH is 1. The average Bonchev–Trinajstić information content (AvgIpc) is 2.53. The van der Waals surface area contributed by atoms with Gasteiger partial charge in [-0.2, -0.15) is 11.8 Å². The highest BCUT2D eigenvalue weighted by atomic mass is 32.2. The van der Waals surface area contributed by atoms with Crippen molar-refractivity contribution in [3.63, 3.8) is 0 Å². The van der Waals surface area contributed by atoms with Gasteiger partial charge in [-0.3, -0.25) is 4.79 Å². The summed E-state index contributed by atoms with van der Waals surface area (Å²) in [7, 11) is 0. The smallest absolute Gasteiger partial charge is 0.249 e. The number of nitrogens with one attached hydrogen (secondary N) is 1. The minimum Gasteiger partial charge on any atom is -0.383 e. The van der Waals surface area contributed by atoms with Gasteiger partial charge in [-0.25, -0.2) is 0 Å². The van der Waals surface area contributed by atoms with Crippen LogP contribution >= 0.6 is 11.8 Å². The van der Waals surface area contributed by atoms with E-state index in [1.54, 1.807) is 11.8 Å². The zero-order valence-corrected chi connectivity index (χ0v) is 14.2. The molecule has 4 nitrogen and oxygen atoms in total. The Hall–Kier alpha value is -1.20. The van der Waals surface area contributed by atoms with Crippen molar-refractivity contribution in [2.45, 2.75) is 38.3 Å². The van der Waals surface area contributed by atoms with Crippen LogP contribution in [-0.4, -0.2) is 48.3 Å². The molecule has 0 aliphatic carbocycles. The van der Waals surface area contributed by atoms with E-state index in [4.69, 9.17) is 0 Å². The number of nitrogens with zero attached hydrogens (tertiary/aromatic N) is 1. The number of hydrogen-bond donors (Lipinski definition) is 2. The Bertz CT molecular complexity index is 487. The lowest BCUT2D eigenvalue weighted by Crippen LogP contribution is -2.47. The van der Waals surface area contributed by atoms with Crippen LogP contribution in [0.3, 0.4) is 0 Å². The maximum absolute atomic E-state index is 11.9. The van der Waals surface area contributed by atoms with Crippen LogP contribution in [0.15, 0.2) is 24.3 Å². The van der Waals surface area contributed by atoms with Crippen molar-refractivity contribution in [3.05, 3.63) is 29.8 Å². The molecule has 2 rings (SSSR count). The lowest BCUT2D eigenvalue weighted by Gasteiger charge is -2.34. The summed E-state index contributed by atoms with van der Waals surface area (Å²) < 4.78 is 0. The van der Waals surface area contributed by atoms with Crippen molar-refractivity contribution in [2.75, 3.05) is 30.0 Å². The van der Waals surface area contributed by atoms with Gasteiger partial charge in [0, 0.05) is 24.8 Å². The molecule has 0 bridgehead atoms. The Morgan fingerprint density at radius 3 is 2.82 bits per heavy atom. The molecule has 1 saturated heterocycles. The molecule has 0 spiro atoms. The van der Waals surface area contributed by atoms with Gasteiger partial charge in [0.15, 0.2) is 0 Å². The molecule has 1 aromatic rings. The van der Waals surface area contributed by atoms with E-state index >= 15 is 0 Å². The lowest BCUT2D eigenvalue weighted by atomic mass is 10.0. The van der Waals surface area contributed by atoms with Crippen LogP contribution in [0.2, 0.25) is 0 Å². The van der Waals surface area contributed by atoms with Gasteiger partial charge in [0.2, 0.25) is 5.91 Å². The fraction of sp³-hybridized carbons (Fsp3) is 0.588. The molecule has 1 fully saturated rings. The largest absolute Gasteiger partial charge is 0.383 e. The minimum atomic E-state index is -0.873. The Kier molecular flexibility index (Phi) is 6.58. The zero-order chi connectivity index (χ0) is 15.9. The van der Waals surface area contributed by atoms with Crippen LogP contribution in [0.25, 0.3) is 0 Å². The van der Waals surface area contributed by atoms with E-state index in [1.165, 1.54) is 11.3 Å². The Balaban J connectivity index is 1.78. The van der Waals surface area contributed by atoms with Gasteiger partial charge in [0.25, 0.3) is 0 Å². The molecule has 2 N–H and O–H groups in total. The van der Waals surface area contributed by atoms with Crippen molar-refractivity contribution in [2.24, 2.45) is 0 Å². The summed E-state index contributed by atoms with van der Waals surface area (Å²) in [5.74, 6) is 0.587. The quantitative estimate of drug-likeness (QED) is 0.843. The molecule has 1 amide bonds. The molecule has 1 aliphatic rings. The summed E-state index contributed by atoms with van der Waals surface area (Å²) in [6.45, 7) is 3.98. The highest BCUT2D eigenvalue weighted by Gasteiger charge is 2.23. The van der Waals surface area contributed by atoms with Crippen LogP contribution < -0.4 is 10.2 Å². The predicted molar refractivity (Wildman–Crippen MR) is 93.6 cm³/mol. The number of rotatable bonds is 6. The van der Waals surface area contributed by atoms with Crippen LogP contribution in [-0.2, 0) is 4.79 Å². The third kappa shape index (κ3) is 4.92. The van der Waals surface area contributed by atoms with E-state index in [0.29, 0.717) is 6.42 Å². The summed E-state index contributed by atoms with van der Waals surface area (Å²) in [5.41, 5.74) is 2.52. The lowest BCUT2D eigenvalue weighted by molar-refractivity contribution is -0.130. The first-order valence-corrected chi connectivity index (χ1v) is 9.28. The van der Waals surface area contributed by atoms with Crippen LogP contribution in [0.1, 0.15) is 24.8 Å². The monoisotopic (exact) mass is 322 g/mol. The van der Waals surface area contributed by atoms with Gasteiger partial charge in [0.05, 0.1) is 0 Å². The SMILES string of the molecule is CSCC[C@@H](O)C(=O)NC1CCN(c2cccc(C)c2)CC1. The van der Waals surface area contributed by atoms with Crippen molar-refractivity contribution in [1.82, 2.24) is 5.32 Å². The molecule has 1 heterocycles.